The molecule has 1 spiro atoms. The average Bonchev–Trinajstić information content (AvgIpc) is 2.60. The first-order valence-corrected chi connectivity index (χ1v) is 6.73. The molecule has 1 atom stereocenters. The van der Waals surface area contributed by atoms with Crippen molar-refractivity contribution in [3.63, 3.8) is 0 Å². The van der Waals surface area contributed by atoms with E-state index in [1.807, 2.05) is 0 Å². The highest BCUT2D eigenvalue weighted by atomic mass is 35.5. The summed E-state index contributed by atoms with van der Waals surface area (Å²) < 4.78 is 6.94. The van der Waals surface area contributed by atoms with Crippen molar-refractivity contribution >= 4 is 22.9 Å². The lowest BCUT2D eigenvalue weighted by Gasteiger charge is -2.41. The van der Waals surface area contributed by atoms with Crippen LogP contribution in [0.1, 0.15) is 23.3 Å². The first kappa shape index (κ1) is 10.6. The van der Waals surface area contributed by atoms with Gasteiger partial charge in [-0.1, -0.05) is 18.2 Å². The average molecular weight is 256 g/mol. The molecule has 3 heterocycles. The first-order chi connectivity index (χ1) is 7.70. The first-order valence-electron chi connectivity index (χ1n) is 5.54. The fraction of sp³-hybridized carbons (Fsp3) is 0.500. The smallest absolute Gasteiger partial charge is 0.110 e. The van der Waals surface area contributed by atoms with Crippen LogP contribution in [-0.4, -0.2) is 13.2 Å². The minimum atomic E-state index is -0.145. The Hall–Kier alpha value is -0.510. The van der Waals surface area contributed by atoms with Gasteiger partial charge in [-0.05, 0) is 24.5 Å². The van der Waals surface area contributed by atoms with Crippen molar-refractivity contribution in [3.05, 3.63) is 33.1 Å². The summed E-state index contributed by atoms with van der Waals surface area (Å²) in [5, 5.41) is 3.29. The summed E-state index contributed by atoms with van der Waals surface area (Å²) in [5.74, 6) is 0. The summed E-state index contributed by atoms with van der Waals surface area (Å²) in [4.78, 5) is 1.33. The molecule has 4 heteroatoms. The van der Waals surface area contributed by atoms with Crippen LogP contribution in [0.2, 0.25) is 4.34 Å². The number of rotatable bonds is 0. The van der Waals surface area contributed by atoms with Gasteiger partial charge in [-0.2, -0.15) is 0 Å². The van der Waals surface area contributed by atoms with Crippen LogP contribution < -0.4 is 5.32 Å². The van der Waals surface area contributed by atoms with Gasteiger partial charge in [-0.3, -0.25) is 0 Å². The molecule has 0 radical (unpaired) electrons. The van der Waals surface area contributed by atoms with Crippen molar-refractivity contribution in [2.24, 2.45) is 0 Å². The van der Waals surface area contributed by atoms with Crippen LogP contribution in [0.5, 0.6) is 0 Å². The van der Waals surface area contributed by atoms with Crippen LogP contribution in [0.4, 0.5) is 0 Å². The van der Waals surface area contributed by atoms with Crippen molar-refractivity contribution in [2.45, 2.75) is 24.9 Å². The van der Waals surface area contributed by atoms with Crippen LogP contribution in [0, 0.1) is 0 Å². The minimum absolute atomic E-state index is 0.145. The van der Waals surface area contributed by atoms with Gasteiger partial charge in [0.15, 0.2) is 0 Å². The number of fused-ring (bicyclic) bond motifs is 2. The van der Waals surface area contributed by atoms with Gasteiger partial charge in [0.1, 0.15) is 5.60 Å². The SMILES string of the molecule is C=C1C[C@@]2(CCN1)OCCc1cc(Cl)sc12. The summed E-state index contributed by atoms with van der Waals surface area (Å²) in [6.07, 6.45) is 2.87. The van der Waals surface area contributed by atoms with Crippen molar-refractivity contribution in [3.8, 4) is 0 Å². The zero-order valence-corrected chi connectivity index (χ0v) is 10.6. The highest BCUT2D eigenvalue weighted by Gasteiger charge is 2.41. The van der Waals surface area contributed by atoms with E-state index in [0.717, 1.165) is 42.4 Å². The van der Waals surface area contributed by atoms with Crippen LogP contribution in [0.3, 0.4) is 0 Å². The molecule has 0 saturated carbocycles. The van der Waals surface area contributed by atoms with E-state index in [-0.39, 0.29) is 5.60 Å². The fourth-order valence-corrected chi connectivity index (χ4v) is 4.11. The molecule has 0 amide bonds. The van der Waals surface area contributed by atoms with Crippen molar-refractivity contribution in [1.82, 2.24) is 5.32 Å². The number of piperidine rings is 1. The maximum atomic E-state index is 6.11. The Bertz CT molecular complexity index is 442. The highest BCUT2D eigenvalue weighted by Crippen LogP contribution is 2.46. The Kier molecular flexibility index (Phi) is 2.50. The molecule has 1 fully saturated rings. The lowest BCUT2D eigenvalue weighted by atomic mass is 9.85. The number of ether oxygens (including phenoxy) is 1. The normalized spacial score (nSPS) is 28.9. The molecule has 0 aromatic carbocycles. The molecule has 1 aromatic rings. The van der Waals surface area contributed by atoms with E-state index in [1.165, 1.54) is 10.4 Å². The van der Waals surface area contributed by atoms with Gasteiger partial charge in [-0.25, -0.2) is 0 Å². The lowest BCUT2D eigenvalue weighted by Crippen LogP contribution is -2.42. The molecule has 2 aliphatic rings. The standard InChI is InChI=1S/C12H14ClNOS/c1-8-7-12(3-4-14-8)11-9(2-5-15-12)6-10(13)16-11/h6,14H,1-5,7H2/t12-/m1/s1. The van der Waals surface area contributed by atoms with Gasteiger partial charge in [0, 0.05) is 23.5 Å². The number of hydrogen-bond donors (Lipinski definition) is 1. The van der Waals surface area contributed by atoms with Gasteiger partial charge in [-0.15, -0.1) is 11.3 Å². The zero-order valence-electron chi connectivity index (χ0n) is 9.01. The van der Waals surface area contributed by atoms with E-state index in [9.17, 15) is 0 Å². The summed E-state index contributed by atoms with van der Waals surface area (Å²) in [6, 6.07) is 2.09. The topological polar surface area (TPSA) is 21.3 Å². The molecular formula is C12H14ClNOS. The molecule has 86 valence electrons. The third kappa shape index (κ3) is 1.58. The molecule has 1 aromatic heterocycles. The maximum absolute atomic E-state index is 6.11. The van der Waals surface area contributed by atoms with E-state index in [4.69, 9.17) is 16.3 Å². The summed E-state index contributed by atoms with van der Waals surface area (Å²) in [5.41, 5.74) is 2.30. The maximum Gasteiger partial charge on any atom is 0.110 e. The van der Waals surface area contributed by atoms with Gasteiger partial charge < -0.3 is 10.1 Å². The monoisotopic (exact) mass is 255 g/mol. The molecule has 2 nitrogen and oxygen atoms in total. The molecule has 3 rings (SSSR count). The lowest BCUT2D eigenvalue weighted by molar-refractivity contribution is -0.0698. The Morgan fingerprint density at radius 1 is 1.56 bits per heavy atom. The van der Waals surface area contributed by atoms with Gasteiger partial charge >= 0.3 is 0 Å². The fourth-order valence-electron chi connectivity index (χ4n) is 2.64. The predicted molar refractivity (Wildman–Crippen MR) is 67.0 cm³/mol. The molecule has 2 aliphatic heterocycles. The van der Waals surface area contributed by atoms with E-state index in [0.29, 0.717) is 0 Å². The van der Waals surface area contributed by atoms with E-state index in [1.54, 1.807) is 11.3 Å². The third-order valence-corrected chi connectivity index (χ3v) is 4.84. The second kappa shape index (κ2) is 3.76. The van der Waals surface area contributed by atoms with Crippen molar-refractivity contribution < 1.29 is 4.74 Å². The minimum Gasteiger partial charge on any atom is -0.389 e. The number of nitrogens with one attached hydrogen (secondary N) is 1. The van der Waals surface area contributed by atoms with Crippen molar-refractivity contribution in [2.75, 3.05) is 13.2 Å². The quantitative estimate of drug-likeness (QED) is 0.769. The predicted octanol–water partition coefficient (Wildman–Crippen LogP) is 3.07. The zero-order chi connectivity index (χ0) is 11.2. The Labute approximate surface area is 104 Å². The van der Waals surface area contributed by atoms with Crippen LogP contribution in [-0.2, 0) is 16.8 Å². The number of thiophene rings is 1. The molecule has 0 unspecified atom stereocenters. The Morgan fingerprint density at radius 2 is 2.44 bits per heavy atom. The van der Waals surface area contributed by atoms with E-state index < -0.39 is 0 Å². The summed E-state index contributed by atoms with van der Waals surface area (Å²) in [7, 11) is 0. The van der Waals surface area contributed by atoms with E-state index >= 15 is 0 Å². The van der Waals surface area contributed by atoms with Crippen LogP contribution in [0.25, 0.3) is 0 Å². The molecule has 1 saturated heterocycles. The van der Waals surface area contributed by atoms with E-state index in [2.05, 4.69) is 18.0 Å². The van der Waals surface area contributed by atoms with Gasteiger partial charge in [0.2, 0.25) is 0 Å². The molecule has 0 bridgehead atoms. The van der Waals surface area contributed by atoms with Crippen LogP contribution in [0.15, 0.2) is 18.3 Å². The molecule has 0 aliphatic carbocycles. The highest BCUT2D eigenvalue weighted by molar-refractivity contribution is 7.16. The second-order valence-corrected chi connectivity index (χ2v) is 6.14. The Morgan fingerprint density at radius 3 is 3.25 bits per heavy atom. The molecule has 16 heavy (non-hydrogen) atoms. The third-order valence-electron chi connectivity index (χ3n) is 3.35. The number of halogens is 1. The summed E-state index contributed by atoms with van der Waals surface area (Å²) >= 11 is 7.78. The largest absolute Gasteiger partial charge is 0.389 e. The number of hydrogen-bond acceptors (Lipinski definition) is 3. The Balaban J connectivity index is 2.05. The van der Waals surface area contributed by atoms with Crippen LogP contribution >= 0.6 is 22.9 Å². The van der Waals surface area contributed by atoms with Gasteiger partial charge in [0.25, 0.3) is 0 Å². The molecule has 1 N–H and O–H groups in total. The summed E-state index contributed by atoms with van der Waals surface area (Å²) in [6.45, 7) is 5.76. The second-order valence-electron chi connectivity index (χ2n) is 4.45. The molecular weight excluding hydrogens is 242 g/mol. The van der Waals surface area contributed by atoms with Crippen molar-refractivity contribution in [1.29, 1.82) is 0 Å². The van der Waals surface area contributed by atoms with Gasteiger partial charge in [0.05, 0.1) is 10.9 Å².